The van der Waals surface area contributed by atoms with Crippen molar-refractivity contribution in [2.45, 2.75) is 91.3 Å². The average Bonchev–Trinajstić information content (AvgIpc) is 3.44. The molecule has 2 aromatic carbocycles. The summed E-state index contributed by atoms with van der Waals surface area (Å²) in [6, 6.07) is 6.67. The zero-order valence-corrected chi connectivity index (χ0v) is 29.4. The van der Waals surface area contributed by atoms with Crippen molar-refractivity contribution in [3.63, 3.8) is 0 Å². The second-order valence-corrected chi connectivity index (χ2v) is 15.0. The fourth-order valence-corrected chi connectivity index (χ4v) is 6.65. The maximum Gasteiger partial charge on any atom is 0.419 e. The highest BCUT2D eigenvalue weighted by molar-refractivity contribution is 6.46. The number of halogens is 4. The lowest BCUT2D eigenvalue weighted by Crippen LogP contribution is -2.29. The van der Waals surface area contributed by atoms with Gasteiger partial charge in [-0.05, 0) is 103 Å². The Hall–Kier alpha value is -3.04. The largest absolute Gasteiger partial charge is 0.443 e. The fraction of sp³-hybridized carbons (Fsp3) is 0.412. The molecule has 0 amide bonds. The molecule has 6 rings (SSSR count). The molecule has 0 saturated heterocycles. The topological polar surface area (TPSA) is 96.6 Å². The predicted molar refractivity (Wildman–Crippen MR) is 182 cm³/mol. The Morgan fingerprint density at radius 2 is 1.13 bits per heavy atom. The van der Waals surface area contributed by atoms with Gasteiger partial charge in [0.2, 0.25) is 0 Å². The summed E-state index contributed by atoms with van der Waals surface area (Å²) in [5.74, 6) is -0.124. The summed E-state index contributed by atoms with van der Waals surface area (Å²) in [5, 5.41) is 2.98. The van der Waals surface area contributed by atoms with Gasteiger partial charge in [0, 0.05) is 23.6 Å². The van der Waals surface area contributed by atoms with E-state index in [2.05, 4.69) is 0 Å². The molecule has 0 fully saturated rings. The number of aryl methyl sites for hydroxylation is 2. The average molecular weight is 708 g/mol. The Morgan fingerprint density at radius 1 is 0.652 bits per heavy atom. The van der Waals surface area contributed by atoms with Crippen LogP contribution >= 0.6 is 46.4 Å². The monoisotopic (exact) mass is 706 g/mol. The molecule has 0 spiro atoms. The molecule has 0 bridgehead atoms. The number of hydrogen-bond donors (Lipinski definition) is 0. The van der Waals surface area contributed by atoms with E-state index in [9.17, 15) is 19.2 Å². The predicted octanol–water partition coefficient (Wildman–Crippen LogP) is 10.5. The number of nitrogens with zero attached hydrogens (tertiary/aromatic N) is 2. The van der Waals surface area contributed by atoms with E-state index >= 15 is 0 Å². The molecule has 2 aliphatic rings. The summed E-state index contributed by atoms with van der Waals surface area (Å²) in [7, 11) is 0. The van der Waals surface area contributed by atoms with Gasteiger partial charge in [-0.15, -0.1) is 0 Å². The third kappa shape index (κ3) is 6.55. The summed E-state index contributed by atoms with van der Waals surface area (Å²) >= 11 is 24.7. The first-order chi connectivity index (χ1) is 21.4. The first-order valence-corrected chi connectivity index (χ1v) is 16.5. The summed E-state index contributed by atoms with van der Waals surface area (Å²) in [5.41, 5.74) is 2.23. The quantitative estimate of drug-likeness (QED) is 0.180. The zero-order valence-electron chi connectivity index (χ0n) is 26.4. The second kappa shape index (κ2) is 12.5. The van der Waals surface area contributed by atoms with Gasteiger partial charge in [0.25, 0.3) is 0 Å². The normalized spacial score (nSPS) is 14.9. The van der Waals surface area contributed by atoms with Gasteiger partial charge in [0.1, 0.15) is 11.2 Å². The number of ether oxygens (including phenoxy) is 2. The number of benzene rings is 2. The third-order valence-electron chi connectivity index (χ3n) is 7.58. The Bertz CT molecular complexity index is 1910. The smallest absolute Gasteiger partial charge is 0.419 e. The minimum atomic E-state index is -0.658. The van der Waals surface area contributed by atoms with Crippen molar-refractivity contribution in [1.82, 2.24) is 9.13 Å². The van der Waals surface area contributed by atoms with Crippen LogP contribution < -0.4 is 0 Å². The molecule has 2 aliphatic carbocycles. The van der Waals surface area contributed by atoms with Crippen LogP contribution in [0.5, 0.6) is 0 Å². The molecule has 0 atom stereocenters. The van der Waals surface area contributed by atoms with Crippen LogP contribution in [-0.4, -0.2) is 44.1 Å². The zero-order chi connectivity index (χ0) is 33.9. The van der Waals surface area contributed by atoms with Crippen LogP contribution in [0.4, 0.5) is 9.59 Å². The van der Waals surface area contributed by atoms with E-state index in [-0.39, 0.29) is 11.6 Å². The number of rotatable bonds is 0. The number of carbonyl (C=O) groups is 4. The van der Waals surface area contributed by atoms with Gasteiger partial charge in [-0.1, -0.05) is 46.4 Å². The molecule has 0 radical (unpaired) electrons. The van der Waals surface area contributed by atoms with E-state index < -0.39 is 23.4 Å². The van der Waals surface area contributed by atoms with Crippen molar-refractivity contribution >= 4 is 92.0 Å². The van der Waals surface area contributed by atoms with E-state index in [0.717, 1.165) is 35.8 Å². The highest BCUT2D eigenvalue weighted by Gasteiger charge is 2.33. The Kier molecular flexibility index (Phi) is 9.34. The molecule has 2 aromatic heterocycles. The van der Waals surface area contributed by atoms with Gasteiger partial charge in [-0.3, -0.25) is 9.59 Å². The van der Waals surface area contributed by atoms with Crippen molar-refractivity contribution in [2.75, 3.05) is 0 Å². The summed E-state index contributed by atoms with van der Waals surface area (Å²) < 4.78 is 13.6. The Morgan fingerprint density at radius 3 is 1.67 bits per heavy atom. The molecule has 12 heteroatoms. The van der Waals surface area contributed by atoms with Gasteiger partial charge < -0.3 is 9.47 Å². The maximum absolute atomic E-state index is 12.7. The van der Waals surface area contributed by atoms with Gasteiger partial charge >= 0.3 is 12.2 Å². The molecule has 46 heavy (non-hydrogen) atoms. The molecule has 244 valence electrons. The number of fused-ring (bicyclic) bond motifs is 6. The van der Waals surface area contributed by atoms with Crippen LogP contribution in [0.3, 0.4) is 0 Å². The number of ketones is 2. The number of aromatic nitrogens is 2. The van der Waals surface area contributed by atoms with Gasteiger partial charge in [0.05, 0.1) is 42.5 Å². The second-order valence-electron chi connectivity index (χ2n) is 13.4. The summed E-state index contributed by atoms with van der Waals surface area (Å²) in [4.78, 5) is 50.2. The van der Waals surface area contributed by atoms with Crippen LogP contribution in [0.15, 0.2) is 24.3 Å². The summed E-state index contributed by atoms with van der Waals surface area (Å²) in [6.07, 6.45) is 2.61. The molecule has 8 nitrogen and oxygen atoms in total. The van der Waals surface area contributed by atoms with E-state index in [1.165, 1.54) is 9.13 Å². The lowest BCUT2D eigenvalue weighted by Gasteiger charge is -2.21. The van der Waals surface area contributed by atoms with Crippen molar-refractivity contribution in [2.24, 2.45) is 0 Å². The molecule has 0 aliphatic heterocycles. The molecule has 2 heterocycles. The van der Waals surface area contributed by atoms with Crippen molar-refractivity contribution < 1.29 is 28.7 Å². The summed E-state index contributed by atoms with van der Waals surface area (Å²) in [6.45, 7) is 10.7. The van der Waals surface area contributed by atoms with Crippen LogP contribution in [0.2, 0.25) is 20.1 Å². The number of hydrogen-bond acceptors (Lipinski definition) is 6. The Labute approximate surface area is 286 Å². The van der Waals surface area contributed by atoms with E-state index in [0.29, 0.717) is 67.2 Å². The first kappa shape index (κ1) is 34.3. The van der Waals surface area contributed by atoms with Crippen LogP contribution in [0.25, 0.3) is 21.8 Å². The molecular weight excluding hydrogens is 674 g/mol. The number of carbonyl (C=O) groups excluding carboxylic acids is 4. The molecule has 0 N–H and O–H groups in total. The Balaban J connectivity index is 0.000000181. The molecular formula is C34H34Cl4N2O6. The lowest BCUT2D eigenvalue weighted by molar-refractivity contribution is 0.0525. The SMILES string of the molecule is CC(C)(C)OC(=O)n1c2c(c3c(Cl)c(Cl)ccc31)CCCC2=O.CC(C)(C)OC(=O)n1c2c(c3cc(Cl)c(Cl)cc31)CCCC2=O. The molecule has 0 unspecified atom stereocenters. The van der Waals surface area contributed by atoms with Gasteiger partial charge in [-0.25, -0.2) is 18.7 Å². The highest BCUT2D eigenvalue weighted by Crippen LogP contribution is 2.40. The van der Waals surface area contributed by atoms with Crippen molar-refractivity contribution in [3.8, 4) is 0 Å². The van der Waals surface area contributed by atoms with E-state index in [4.69, 9.17) is 55.9 Å². The van der Waals surface area contributed by atoms with E-state index in [1.807, 2.05) is 0 Å². The van der Waals surface area contributed by atoms with Crippen molar-refractivity contribution in [3.05, 3.63) is 66.9 Å². The van der Waals surface area contributed by atoms with E-state index in [1.54, 1.807) is 65.8 Å². The minimum Gasteiger partial charge on any atom is -0.443 e. The highest BCUT2D eigenvalue weighted by atomic mass is 35.5. The van der Waals surface area contributed by atoms with Crippen LogP contribution in [0.1, 0.15) is 99.3 Å². The van der Waals surface area contributed by atoms with Crippen LogP contribution in [-0.2, 0) is 22.3 Å². The van der Waals surface area contributed by atoms with Gasteiger partial charge in [0.15, 0.2) is 11.6 Å². The molecule has 4 aromatic rings. The molecule has 0 saturated carbocycles. The fourth-order valence-electron chi connectivity index (χ4n) is 5.90. The third-order valence-corrected chi connectivity index (χ3v) is 9.11. The van der Waals surface area contributed by atoms with Gasteiger partial charge in [-0.2, -0.15) is 0 Å². The minimum absolute atomic E-state index is 0.0550. The van der Waals surface area contributed by atoms with Crippen molar-refractivity contribution in [1.29, 1.82) is 0 Å². The maximum atomic E-state index is 12.7. The standard InChI is InChI=1S/2C17H17Cl2NO3/c1-17(2,3)23-16(22)20-13-8-12(19)11(18)7-10(13)9-5-4-6-14(21)15(9)20;1-17(2,3)23-16(22)20-11-8-7-10(18)14(19)13(11)9-5-4-6-12(21)15(9)20/h2*7-8H,4-6H2,1-3H3. The van der Waals surface area contributed by atoms with Crippen LogP contribution in [0, 0.1) is 0 Å². The lowest BCUT2D eigenvalue weighted by atomic mass is 9.94. The first-order valence-electron chi connectivity index (χ1n) is 15.0. The number of Topliss-reactive ketones (excluding diaryl/α,β-unsaturated/α-hetero) is 2.